The Balaban J connectivity index is 2.54. The van der Waals surface area contributed by atoms with Gasteiger partial charge in [-0.2, -0.15) is 0 Å². The predicted molar refractivity (Wildman–Crippen MR) is 73.4 cm³/mol. The molecule has 0 amide bonds. The molecule has 0 aliphatic carbocycles. The van der Waals surface area contributed by atoms with Crippen LogP contribution >= 0.6 is 0 Å². The average molecular weight is 238 g/mol. The molecule has 0 heterocycles. The third-order valence-electron chi connectivity index (χ3n) is 3.32. The molecule has 0 saturated heterocycles. The Labute approximate surface area is 98.0 Å². The van der Waals surface area contributed by atoms with Gasteiger partial charge in [-0.25, -0.2) is 0 Å². The van der Waals surface area contributed by atoms with Crippen molar-refractivity contribution in [2.45, 2.75) is 38.5 Å². The highest BCUT2D eigenvalue weighted by atomic mass is 28.2. The lowest BCUT2D eigenvalue weighted by Gasteiger charge is -2.31. The van der Waals surface area contributed by atoms with E-state index in [2.05, 4.69) is 50.7 Å². The average Bonchev–Trinajstić information content (AvgIpc) is 2.33. The van der Waals surface area contributed by atoms with E-state index < -0.39 is 9.76 Å². The van der Waals surface area contributed by atoms with E-state index in [9.17, 15) is 0 Å². The molecule has 15 heavy (non-hydrogen) atoms. The summed E-state index contributed by atoms with van der Waals surface area (Å²) in [5, 5.41) is 1.70. The minimum absolute atomic E-state index is 0.0823. The Morgan fingerprint density at radius 1 is 1.13 bits per heavy atom. The molecule has 1 aromatic rings. The standard InChI is InChI=1S/C12H22OSi2/c1-4-12(5-2,14-3)13-15-11-9-7-6-8-10-11/h6-10H,4-5,14-15H2,1-3H3. The molecule has 0 saturated carbocycles. The topological polar surface area (TPSA) is 9.23 Å². The second-order valence-corrected chi connectivity index (χ2v) is 7.41. The summed E-state index contributed by atoms with van der Waals surface area (Å²) < 4.78 is 6.26. The molecule has 0 spiro atoms. The molecule has 1 rings (SSSR count). The van der Waals surface area contributed by atoms with Crippen molar-refractivity contribution in [1.29, 1.82) is 0 Å². The van der Waals surface area contributed by atoms with Crippen molar-refractivity contribution in [3.05, 3.63) is 30.3 Å². The molecule has 0 aliphatic heterocycles. The van der Waals surface area contributed by atoms with E-state index in [0.717, 1.165) is 0 Å². The summed E-state index contributed by atoms with van der Waals surface area (Å²) >= 11 is 0. The van der Waals surface area contributed by atoms with Crippen molar-refractivity contribution >= 4 is 24.5 Å². The van der Waals surface area contributed by atoms with Crippen LogP contribution in [-0.2, 0) is 4.43 Å². The zero-order valence-electron chi connectivity index (χ0n) is 10.1. The Kier molecular flexibility index (Phi) is 5.29. The van der Waals surface area contributed by atoms with Gasteiger partial charge in [0.25, 0.3) is 0 Å². The summed E-state index contributed by atoms with van der Waals surface area (Å²) in [6.45, 7) is 6.89. The summed E-state index contributed by atoms with van der Waals surface area (Å²) in [6.07, 6.45) is 2.37. The highest BCUT2D eigenvalue weighted by Gasteiger charge is 2.23. The third-order valence-corrected chi connectivity index (χ3v) is 7.78. The van der Waals surface area contributed by atoms with E-state index in [0.29, 0.717) is 0 Å². The molecule has 0 unspecified atom stereocenters. The van der Waals surface area contributed by atoms with Crippen molar-refractivity contribution in [3.63, 3.8) is 0 Å². The van der Waals surface area contributed by atoms with Crippen LogP contribution in [-0.4, -0.2) is 24.5 Å². The SMILES string of the molecule is CCC(CC)(O[SiH2]c1ccccc1)[SiH2]C. The summed E-state index contributed by atoms with van der Waals surface area (Å²) in [5.74, 6) is 0. The van der Waals surface area contributed by atoms with Gasteiger partial charge < -0.3 is 4.43 Å². The van der Waals surface area contributed by atoms with Crippen LogP contribution in [0.25, 0.3) is 0 Å². The number of hydrogen-bond donors (Lipinski definition) is 0. The zero-order chi connectivity index (χ0) is 11.1. The van der Waals surface area contributed by atoms with Gasteiger partial charge in [0.05, 0.1) is 9.52 Å². The lowest BCUT2D eigenvalue weighted by atomic mass is 10.2. The fourth-order valence-electron chi connectivity index (χ4n) is 1.87. The predicted octanol–water partition coefficient (Wildman–Crippen LogP) is 1.15. The molecule has 0 aliphatic rings. The molecule has 0 N–H and O–H groups in total. The molecule has 0 aromatic heterocycles. The van der Waals surface area contributed by atoms with Gasteiger partial charge in [0.1, 0.15) is 0 Å². The minimum atomic E-state index is -0.514. The van der Waals surface area contributed by atoms with Crippen LogP contribution in [0.3, 0.4) is 0 Å². The summed E-state index contributed by atoms with van der Waals surface area (Å²) in [6, 6.07) is 10.7. The van der Waals surface area contributed by atoms with Gasteiger partial charge in [0.15, 0.2) is 9.76 Å². The maximum atomic E-state index is 6.26. The maximum absolute atomic E-state index is 6.26. The fourth-order valence-corrected chi connectivity index (χ4v) is 5.34. The first-order valence-corrected chi connectivity index (χ1v) is 9.34. The minimum Gasteiger partial charge on any atom is -0.417 e. The van der Waals surface area contributed by atoms with E-state index in [4.69, 9.17) is 4.43 Å². The highest BCUT2D eigenvalue weighted by Crippen LogP contribution is 2.17. The van der Waals surface area contributed by atoms with Crippen molar-refractivity contribution in [1.82, 2.24) is 0 Å². The molecule has 0 bridgehead atoms. The van der Waals surface area contributed by atoms with Gasteiger partial charge in [0.2, 0.25) is 0 Å². The maximum Gasteiger partial charge on any atom is 0.192 e. The van der Waals surface area contributed by atoms with Crippen molar-refractivity contribution in [2.24, 2.45) is 0 Å². The summed E-state index contributed by atoms with van der Waals surface area (Å²) in [7, 11) is -0.596. The molecule has 84 valence electrons. The van der Waals surface area contributed by atoms with Crippen LogP contribution < -0.4 is 5.19 Å². The van der Waals surface area contributed by atoms with E-state index in [-0.39, 0.29) is 14.7 Å². The van der Waals surface area contributed by atoms with Crippen LogP contribution in [0.15, 0.2) is 30.3 Å². The fraction of sp³-hybridized carbons (Fsp3) is 0.500. The van der Waals surface area contributed by atoms with Gasteiger partial charge in [-0.1, -0.05) is 50.7 Å². The van der Waals surface area contributed by atoms with Crippen LogP contribution in [0.1, 0.15) is 26.7 Å². The van der Waals surface area contributed by atoms with Crippen molar-refractivity contribution < 1.29 is 4.43 Å². The smallest absolute Gasteiger partial charge is 0.192 e. The Morgan fingerprint density at radius 3 is 2.20 bits per heavy atom. The molecule has 0 atom stereocenters. The Morgan fingerprint density at radius 2 is 1.73 bits per heavy atom. The monoisotopic (exact) mass is 238 g/mol. The molecular weight excluding hydrogens is 216 g/mol. The van der Waals surface area contributed by atoms with Gasteiger partial charge in [-0.3, -0.25) is 0 Å². The van der Waals surface area contributed by atoms with Gasteiger partial charge in [0, 0.05) is 5.22 Å². The lowest BCUT2D eigenvalue weighted by molar-refractivity contribution is 0.155. The van der Waals surface area contributed by atoms with E-state index in [1.165, 1.54) is 18.0 Å². The second kappa shape index (κ2) is 6.25. The molecule has 1 nitrogen and oxygen atoms in total. The first-order chi connectivity index (χ1) is 7.26. The van der Waals surface area contributed by atoms with Gasteiger partial charge >= 0.3 is 0 Å². The second-order valence-electron chi connectivity index (χ2n) is 4.02. The lowest BCUT2D eigenvalue weighted by Crippen LogP contribution is -2.40. The van der Waals surface area contributed by atoms with Crippen LogP contribution in [0.2, 0.25) is 6.55 Å². The highest BCUT2D eigenvalue weighted by molar-refractivity contribution is 6.49. The van der Waals surface area contributed by atoms with Crippen LogP contribution in [0.5, 0.6) is 0 Å². The molecule has 0 radical (unpaired) electrons. The van der Waals surface area contributed by atoms with Gasteiger partial charge in [-0.15, -0.1) is 0 Å². The third kappa shape index (κ3) is 3.59. The number of benzene rings is 1. The van der Waals surface area contributed by atoms with E-state index in [1.807, 2.05) is 0 Å². The summed E-state index contributed by atoms with van der Waals surface area (Å²) in [4.78, 5) is 0. The zero-order valence-corrected chi connectivity index (χ0v) is 13.0. The quantitative estimate of drug-likeness (QED) is 0.676. The van der Waals surface area contributed by atoms with E-state index >= 15 is 0 Å². The molecular formula is C12H22OSi2. The first-order valence-electron chi connectivity index (χ1n) is 5.94. The molecule has 3 heteroatoms. The number of hydrogen-bond acceptors (Lipinski definition) is 1. The van der Waals surface area contributed by atoms with Crippen LogP contribution in [0.4, 0.5) is 0 Å². The number of rotatable bonds is 6. The Hall–Kier alpha value is -0.386. The van der Waals surface area contributed by atoms with Crippen molar-refractivity contribution in [2.75, 3.05) is 0 Å². The Bertz CT molecular complexity index is 262. The van der Waals surface area contributed by atoms with E-state index in [1.54, 1.807) is 0 Å². The first kappa shape index (κ1) is 12.7. The molecule has 1 aromatic carbocycles. The molecule has 0 fully saturated rings. The van der Waals surface area contributed by atoms with Crippen molar-refractivity contribution in [3.8, 4) is 0 Å². The normalized spacial score (nSPS) is 13.3. The van der Waals surface area contributed by atoms with Gasteiger partial charge in [-0.05, 0) is 18.0 Å². The largest absolute Gasteiger partial charge is 0.417 e. The van der Waals surface area contributed by atoms with Crippen LogP contribution in [0, 0.1) is 0 Å². The summed E-state index contributed by atoms with van der Waals surface area (Å²) in [5.41, 5.74) is 0.